The molecule has 2 N–H and O–H groups in total. The van der Waals surface area contributed by atoms with E-state index in [1.54, 1.807) is 11.1 Å². The number of hydrogen-bond acceptors (Lipinski definition) is 4. The lowest BCUT2D eigenvalue weighted by Crippen LogP contribution is -2.48. The Kier molecular flexibility index (Phi) is 5.63. The SMILES string of the molecule is Cc1cc(-c2n[nH]c3cc4c(cc23)CN(C2CN(CC(F)(F)F)C[C@H]2c2ccccc2)C(=O)N4)ccn1. The molecule has 4 heterocycles. The minimum absolute atomic E-state index is 0.150. The first-order valence-electron chi connectivity index (χ1n) is 12.1. The number of nitrogens with one attached hydrogen (secondary N) is 2. The van der Waals surface area contributed by atoms with Gasteiger partial charge in [0.05, 0.1) is 18.1 Å². The van der Waals surface area contributed by atoms with Gasteiger partial charge in [-0.05, 0) is 42.3 Å². The second kappa shape index (κ2) is 8.88. The van der Waals surface area contributed by atoms with Gasteiger partial charge in [0.25, 0.3) is 0 Å². The number of halogens is 3. The van der Waals surface area contributed by atoms with Gasteiger partial charge in [-0.15, -0.1) is 0 Å². The molecule has 37 heavy (non-hydrogen) atoms. The zero-order valence-electron chi connectivity index (χ0n) is 20.1. The van der Waals surface area contributed by atoms with E-state index in [0.717, 1.165) is 39.0 Å². The summed E-state index contributed by atoms with van der Waals surface area (Å²) >= 11 is 0. The first kappa shape index (κ1) is 23.5. The second-order valence-electron chi connectivity index (χ2n) is 9.76. The highest BCUT2D eigenvalue weighted by atomic mass is 19.4. The summed E-state index contributed by atoms with van der Waals surface area (Å²) < 4.78 is 39.8. The second-order valence-corrected chi connectivity index (χ2v) is 9.76. The van der Waals surface area contributed by atoms with E-state index in [0.29, 0.717) is 12.2 Å². The number of nitrogens with zero attached hydrogens (tertiary/aromatic N) is 4. The van der Waals surface area contributed by atoms with Crippen LogP contribution in [0.3, 0.4) is 0 Å². The summed E-state index contributed by atoms with van der Waals surface area (Å²) in [4.78, 5) is 20.6. The zero-order chi connectivity index (χ0) is 25.7. The molecule has 0 aliphatic carbocycles. The van der Waals surface area contributed by atoms with E-state index in [9.17, 15) is 18.0 Å². The van der Waals surface area contributed by atoms with Crippen LogP contribution < -0.4 is 5.32 Å². The largest absolute Gasteiger partial charge is 0.401 e. The number of amides is 2. The summed E-state index contributed by atoms with van der Waals surface area (Å²) in [6.07, 6.45) is -2.57. The Morgan fingerprint density at radius 1 is 1.08 bits per heavy atom. The minimum Gasteiger partial charge on any atom is -0.315 e. The number of aromatic amines is 1. The number of benzene rings is 2. The monoisotopic (exact) mass is 506 g/mol. The van der Waals surface area contributed by atoms with Crippen LogP contribution in [0.1, 0.15) is 22.7 Å². The maximum Gasteiger partial charge on any atom is 0.401 e. The molecule has 2 amide bonds. The van der Waals surface area contributed by atoms with E-state index in [4.69, 9.17) is 0 Å². The van der Waals surface area contributed by atoms with Crippen LogP contribution in [0.15, 0.2) is 60.8 Å². The van der Waals surface area contributed by atoms with Crippen LogP contribution in [0.4, 0.5) is 23.7 Å². The number of alkyl halides is 3. The molecule has 2 aliphatic heterocycles. The molecule has 0 saturated carbocycles. The Morgan fingerprint density at radius 3 is 2.65 bits per heavy atom. The van der Waals surface area contributed by atoms with E-state index in [1.807, 2.05) is 61.5 Å². The van der Waals surface area contributed by atoms with Gasteiger partial charge in [-0.25, -0.2) is 4.79 Å². The van der Waals surface area contributed by atoms with Crippen molar-refractivity contribution in [3.8, 4) is 11.3 Å². The van der Waals surface area contributed by atoms with E-state index in [2.05, 4.69) is 20.5 Å². The Morgan fingerprint density at radius 2 is 1.89 bits per heavy atom. The number of likely N-dealkylation sites (tertiary alicyclic amines) is 1. The lowest BCUT2D eigenvalue weighted by molar-refractivity contribution is -0.143. The van der Waals surface area contributed by atoms with Gasteiger partial charge < -0.3 is 10.2 Å². The summed E-state index contributed by atoms with van der Waals surface area (Å²) in [5, 5.41) is 11.4. The third kappa shape index (κ3) is 4.53. The van der Waals surface area contributed by atoms with Crippen LogP contribution in [-0.4, -0.2) is 62.9 Å². The molecule has 1 unspecified atom stereocenters. The van der Waals surface area contributed by atoms with Crippen molar-refractivity contribution in [3.05, 3.63) is 77.6 Å². The van der Waals surface area contributed by atoms with E-state index in [1.165, 1.54) is 4.90 Å². The number of aryl methyl sites for hydroxylation is 1. The van der Waals surface area contributed by atoms with Crippen LogP contribution in [-0.2, 0) is 6.54 Å². The normalized spacial score (nSPS) is 20.3. The van der Waals surface area contributed by atoms with Gasteiger partial charge in [-0.1, -0.05) is 30.3 Å². The van der Waals surface area contributed by atoms with E-state index < -0.39 is 18.8 Å². The topological polar surface area (TPSA) is 77.2 Å². The molecule has 4 aromatic rings. The highest BCUT2D eigenvalue weighted by Gasteiger charge is 2.44. The molecule has 2 aliphatic rings. The molecule has 190 valence electrons. The fourth-order valence-electron chi connectivity index (χ4n) is 5.57. The molecule has 0 spiro atoms. The van der Waals surface area contributed by atoms with E-state index >= 15 is 0 Å². The smallest absolute Gasteiger partial charge is 0.315 e. The fraction of sp³-hybridized carbons (Fsp3) is 0.296. The Bertz CT molecular complexity index is 1470. The van der Waals surface area contributed by atoms with Crippen LogP contribution in [0.25, 0.3) is 22.2 Å². The number of anilines is 1. The molecule has 2 atom stereocenters. The van der Waals surface area contributed by atoms with Gasteiger partial charge in [0.15, 0.2) is 0 Å². The number of aromatic nitrogens is 3. The maximum absolute atomic E-state index is 13.3. The summed E-state index contributed by atoms with van der Waals surface area (Å²) in [5.41, 5.74) is 5.87. The van der Waals surface area contributed by atoms with Crippen molar-refractivity contribution >= 4 is 22.6 Å². The van der Waals surface area contributed by atoms with Gasteiger partial charge in [-0.3, -0.25) is 15.0 Å². The quantitative estimate of drug-likeness (QED) is 0.393. The number of fused-ring (bicyclic) bond motifs is 2. The maximum atomic E-state index is 13.3. The van der Waals surface area contributed by atoms with Crippen molar-refractivity contribution in [2.24, 2.45) is 0 Å². The first-order chi connectivity index (χ1) is 17.7. The Labute approximate surface area is 211 Å². The Hall–Kier alpha value is -3.92. The fourth-order valence-corrected chi connectivity index (χ4v) is 5.57. The van der Waals surface area contributed by atoms with Crippen molar-refractivity contribution < 1.29 is 18.0 Å². The molecule has 1 saturated heterocycles. The minimum atomic E-state index is -4.30. The average Bonchev–Trinajstić information content (AvgIpc) is 3.45. The highest BCUT2D eigenvalue weighted by molar-refractivity contribution is 6.00. The van der Waals surface area contributed by atoms with Crippen molar-refractivity contribution in [3.63, 3.8) is 0 Å². The number of rotatable bonds is 4. The van der Waals surface area contributed by atoms with Crippen molar-refractivity contribution in [2.45, 2.75) is 31.6 Å². The van der Waals surface area contributed by atoms with Gasteiger partial charge in [0.2, 0.25) is 0 Å². The third-order valence-corrected chi connectivity index (χ3v) is 7.20. The van der Waals surface area contributed by atoms with Gasteiger partial charge in [-0.2, -0.15) is 18.3 Å². The van der Waals surface area contributed by atoms with Crippen LogP contribution >= 0.6 is 0 Å². The molecule has 2 aromatic carbocycles. The summed E-state index contributed by atoms with van der Waals surface area (Å²) in [7, 11) is 0. The predicted molar refractivity (Wildman–Crippen MR) is 134 cm³/mol. The number of pyridine rings is 1. The molecular formula is C27H25F3N6O. The molecule has 7 nitrogen and oxygen atoms in total. The van der Waals surface area contributed by atoms with Crippen LogP contribution in [0.2, 0.25) is 0 Å². The predicted octanol–water partition coefficient (Wildman–Crippen LogP) is 5.31. The van der Waals surface area contributed by atoms with Crippen molar-refractivity contribution in [2.75, 3.05) is 25.0 Å². The van der Waals surface area contributed by atoms with E-state index in [-0.39, 0.29) is 25.0 Å². The Balaban J connectivity index is 1.35. The van der Waals surface area contributed by atoms with Gasteiger partial charge >= 0.3 is 12.2 Å². The molecule has 1 fully saturated rings. The average molecular weight is 507 g/mol. The number of carbonyl (C=O) groups is 1. The standard InChI is InChI=1S/C27H25F3N6O/c1-16-9-18(7-8-31-16)25-20-10-19-12-36(26(37)32-22(19)11-23(20)33-34-25)24-14-35(15-27(28,29)30)13-21(24)17-5-3-2-4-6-17/h2-11,21,24H,12-15H2,1H3,(H,32,37)(H,33,34)/t21-,24?/m0/s1. The lowest BCUT2D eigenvalue weighted by atomic mass is 9.92. The third-order valence-electron chi connectivity index (χ3n) is 7.20. The number of hydrogen-bond donors (Lipinski definition) is 2. The van der Waals surface area contributed by atoms with Gasteiger partial charge in [0, 0.05) is 54.1 Å². The molecule has 0 radical (unpaired) electrons. The summed E-state index contributed by atoms with van der Waals surface area (Å²) in [6, 6.07) is 16.5. The molecule has 0 bridgehead atoms. The number of carbonyl (C=O) groups excluding carboxylic acids is 1. The molecule has 6 rings (SSSR count). The molecule has 2 aromatic heterocycles. The van der Waals surface area contributed by atoms with Crippen molar-refractivity contribution in [1.82, 2.24) is 25.0 Å². The molecule has 10 heteroatoms. The molecular weight excluding hydrogens is 481 g/mol. The highest BCUT2D eigenvalue weighted by Crippen LogP contribution is 2.38. The lowest BCUT2D eigenvalue weighted by Gasteiger charge is -2.36. The van der Waals surface area contributed by atoms with Gasteiger partial charge in [0.1, 0.15) is 5.69 Å². The first-order valence-corrected chi connectivity index (χ1v) is 12.1. The number of urea groups is 1. The summed E-state index contributed by atoms with van der Waals surface area (Å²) in [5.74, 6) is -0.233. The van der Waals surface area contributed by atoms with Crippen LogP contribution in [0.5, 0.6) is 0 Å². The van der Waals surface area contributed by atoms with Crippen molar-refractivity contribution in [1.29, 1.82) is 0 Å². The number of H-pyrrole nitrogens is 1. The van der Waals surface area contributed by atoms with Crippen LogP contribution in [0, 0.1) is 6.92 Å². The summed E-state index contributed by atoms with van der Waals surface area (Å²) in [6.45, 7) is 1.60. The zero-order valence-corrected chi connectivity index (χ0v) is 20.1.